The second-order valence-corrected chi connectivity index (χ2v) is 15.1. The minimum Gasteiger partial charge on any atom is -0.480 e. The maximum atomic E-state index is 10.0. The zero-order chi connectivity index (χ0) is 33.9. The number of nitriles is 3. The average Bonchev–Trinajstić information content (AvgIpc) is 3.39. The van der Waals surface area contributed by atoms with Crippen molar-refractivity contribution in [1.29, 1.82) is 15.8 Å². The van der Waals surface area contributed by atoms with Crippen LogP contribution >= 0.6 is 11.6 Å². The van der Waals surface area contributed by atoms with E-state index in [0.717, 1.165) is 42.0 Å². The van der Waals surface area contributed by atoms with Crippen LogP contribution in [0, 0.1) is 45.3 Å². The topological polar surface area (TPSA) is 83.8 Å². The summed E-state index contributed by atoms with van der Waals surface area (Å²) in [6.07, 6.45) is 14.9. The zero-order valence-corrected chi connectivity index (χ0v) is 29.5. The fourth-order valence-electron chi connectivity index (χ4n) is 6.81. The van der Waals surface area contributed by atoms with E-state index in [9.17, 15) is 15.8 Å². The largest absolute Gasteiger partial charge is 0.480 e. The predicted octanol–water partition coefficient (Wildman–Crippen LogP) is 10.6. The van der Waals surface area contributed by atoms with E-state index in [1.54, 1.807) is 0 Å². The van der Waals surface area contributed by atoms with Crippen molar-refractivity contribution in [2.45, 2.75) is 105 Å². The lowest BCUT2D eigenvalue weighted by atomic mass is 9.70. The molecule has 1 aromatic carbocycles. The molecule has 0 saturated carbocycles. The van der Waals surface area contributed by atoms with Gasteiger partial charge in [-0.05, 0) is 73.3 Å². The van der Waals surface area contributed by atoms with Crippen LogP contribution in [0.15, 0.2) is 92.9 Å². The van der Waals surface area contributed by atoms with Crippen molar-refractivity contribution >= 4 is 17.3 Å². The van der Waals surface area contributed by atoms with E-state index in [0.29, 0.717) is 11.5 Å². The third-order valence-electron chi connectivity index (χ3n) is 9.71. The molecule has 46 heavy (non-hydrogen) atoms. The standard InChI is InChI=1S/C40H47ClN4O/c1-9-10-11-14-21-45-34-16-13-12-15-33(34)39(5,6)35(45)20-18-28-23-30(38(2,3)4)22-27(36(28)41)17-19-32-31(26-44)37(29(24-42)25-43)46-40(32,7)8/h12-13,15-20,30H,9-11,14,21-23H2,1-8H3. The summed E-state index contributed by atoms with van der Waals surface area (Å²) >= 11 is 7.22. The molecule has 1 aromatic rings. The Morgan fingerprint density at radius 2 is 1.70 bits per heavy atom. The van der Waals surface area contributed by atoms with Crippen molar-refractivity contribution < 1.29 is 4.74 Å². The van der Waals surface area contributed by atoms with Crippen LogP contribution in [-0.2, 0) is 10.2 Å². The Kier molecular flexibility index (Phi) is 10.5. The summed E-state index contributed by atoms with van der Waals surface area (Å²) < 4.78 is 5.98. The fourth-order valence-corrected chi connectivity index (χ4v) is 7.09. The molecule has 0 spiro atoms. The number of benzene rings is 1. The molecule has 0 radical (unpaired) electrons. The van der Waals surface area contributed by atoms with Gasteiger partial charge >= 0.3 is 0 Å². The van der Waals surface area contributed by atoms with Crippen LogP contribution in [0.4, 0.5) is 5.69 Å². The number of hydrogen-bond donors (Lipinski definition) is 0. The molecule has 1 unspecified atom stereocenters. The van der Waals surface area contributed by atoms with Gasteiger partial charge in [0.15, 0.2) is 11.3 Å². The van der Waals surface area contributed by atoms with E-state index < -0.39 is 5.60 Å². The van der Waals surface area contributed by atoms with Crippen molar-refractivity contribution in [2.24, 2.45) is 11.3 Å². The van der Waals surface area contributed by atoms with Crippen molar-refractivity contribution in [3.8, 4) is 18.2 Å². The third-order valence-corrected chi connectivity index (χ3v) is 10.2. The van der Waals surface area contributed by atoms with Gasteiger partial charge in [-0.2, -0.15) is 15.8 Å². The molecule has 6 heteroatoms. The van der Waals surface area contributed by atoms with Gasteiger partial charge in [0.1, 0.15) is 29.4 Å². The molecular weight excluding hydrogens is 588 g/mol. The van der Waals surface area contributed by atoms with Crippen LogP contribution < -0.4 is 4.90 Å². The predicted molar refractivity (Wildman–Crippen MR) is 187 cm³/mol. The smallest absolute Gasteiger partial charge is 0.172 e. The van der Waals surface area contributed by atoms with Crippen molar-refractivity contribution in [3.63, 3.8) is 0 Å². The van der Waals surface area contributed by atoms with E-state index in [4.69, 9.17) is 16.3 Å². The number of para-hydroxylation sites is 1. The molecule has 2 heterocycles. The zero-order valence-electron chi connectivity index (χ0n) is 28.7. The number of fused-ring (bicyclic) bond motifs is 1. The molecule has 240 valence electrons. The first-order valence-corrected chi connectivity index (χ1v) is 16.8. The van der Waals surface area contributed by atoms with E-state index in [-0.39, 0.29) is 27.7 Å². The Balaban J connectivity index is 1.80. The summed E-state index contributed by atoms with van der Waals surface area (Å²) in [6.45, 7) is 18.4. The average molecular weight is 635 g/mol. The van der Waals surface area contributed by atoms with E-state index >= 15 is 0 Å². The molecule has 1 aliphatic carbocycles. The Morgan fingerprint density at radius 1 is 1.00 bits per heavy atom. The van der Waals surface area contributed by atoms with Gasteiger partial charge in [0.05, 0.1) is 0 Å². The van der Waals surface area contributed by atoms with Crippen LogP contribution in [-0.4, -0.2) is 12.1 Å². The highest BCUT2D eigenvalue weighted by Gasteiger charge is 2.40. The summed E-state index contributed by atoms with van der Waals surface area (Å²) in [5.74, 6) is 0.398. The van der Waals surface area contributed by atoms with Crippen molar-refractivity contribution in [1.82, 2.24) is 0 Å². The van der Waals surface area contributed by atoms with Crippen LogP contribution in [0.3, 0.4) is 0 Å². The SMILES string of the molecule is CCCCCCN1C(=CC=C2CC(C(C)(C)C)CC(C=CC3=C(C#N)C(=C(C#N)C#N)OC3(C)C)=C2Cl)C(C)(C)c2ccccc21. The number of halogens is 1. The Morgan fingerprint density at radius 3 is 2.33 bits per heavy atom. The number of unbranched alkanes of at least 4 members (excludes halogenated alkanes) is 3. The minimum atomic E-state index is -0.881. The van der Waals surface area contributed by atoms with Gasteiger partial charge in [-0.25, -0.2) is 0 Å². The highest BCUT2D eigenvalue weighted by molar-refractivity contribution is 6.32. The summed E-state index contributed by atoms with van der Waals surface area (Å²) in [5.41, 5.74) is 5.70. The molecule has 2 aliphatic heterocycles. The first-order valence-electron chi connectivity index (χ1n) is 16.4. The van der Waals surface area contributed by atoms with Crippen molar-refractivity contribution in [3.05, 3.63) is 98.5 Å². The highest BCUT2D eigenvalue weighted by atomic mass is 35.5. The maximum absolute atomic E-state index is 10.0. The molecule has 4 rings (SSSR count). The van der Waals surface area contributed by atoms with Gasteiger partial charge in [-0.15, -0.1) is 0 Å². The van der Waals surface area contributed by atoms with Gasteiger partial charge < -0.3 is 9.64 Å². The summed E-state index contributed by atoms with van der Waals surface area (Å²) in [4.78, 5) is 2.50. The summed E-state index contributed by atoms with van der Waals surface area (Å²) in [6, 6.07) is 14.7. The maximum Gasteiger partial charge on any atom is 0.172 e. The Labute approximate surface area is 281 Å². The Bertz CT molecular complexity index is 1670. The lowest BCUT2D eigenvalue weighted by molar-refractivity contribution is 0.0954. The molecule has 0 saturated heterocycles. The van der Waals surface area contributed by atoms with Crippen LogP contribution in [0.5, 0.6) is 0 Å². The minimum absolute atomic E-state index is 0.0417. The van der Waals surface area contributed by atoms with Gasteiger partial charge in [0, 0.05) is 33.9 Å². The monoisotopic (exact) mass is 634 g/mol. The van der Waals surface area contributed by atoms with Crippen molar-refractivity contribution in [2.75, 3.05) is 11.4 Å². The van der Waals surface area contributed by atoms with Gasteiger partial charge in [0.2, 0.25) is 0 Å². The second kappa shape index (κ2) is 13.8. The van der Waals surface area contributed by atoms with E-state index in [1.165, 1.54) is 36.2 Å². The quantitative estimate of drug-likeness (QED) is 0.210. The molecule has 0 amide bonds. The normalized spacial score (nSPS) is 22.3. The number of rotatable bonds is 8. The number of ether oxygens (including phenoxy) is 1. The lowest BCUT2D eigenvalue weighted by Gasteiger charge is -2.36. The molecule has 3 aliphatic rings. The molecule has 0 fully saturated rings. The first kappa shape index (κ1) is 34.9. The van der Waals surface area contributed by atoms with Gasteiger partial charge in [0.25, 0.3) is 0 Å². The van der Waals surface area contributed by atoms with E-state index in [2.05, 4.69) is 88.9 Å². The number of nitrogens with zero attached hydrogens (tertiary/aromatic N) is 4. The van der Waals surface area contributed by atoms with Gasteiger partial charge in [-0.3, -0.25) is 0 Å². The first-order chi connectivity index (χ1) is 21.7. The van der Waals surface area contributed by atoms with Gasteiger partial charge in [-0.1, -0.05) is 109 Å². The Hall–Kier alpha value is -3.98. The fraction of sp³-hybridized carbons (Fsp3) is 0.475. The number of anilines is 1. The highest BCUT2D eigenvalue weighted by Crippen LogP contribution is 2.49. The molecule has 0 aromatic heterocycles. The van der Waals surface area contributed by atoms with E-state index in [1.807, 2.05) is 38.1 Å². The molecular formula is C40H47ClN4O. The number of hydrogen-bond acceptors (Lipinski definition) is 5. The molecule has 5 nitrogen and oxygen atoms in total. The summed E-state index contributed by atoms with van der Waals surface area (Å²) in [7, 11) is 0. The molecule has 1 atom stereocenters. The van der Waals surface area contributed by atoms with Crippen LogP contribution in [0.25, 0.3) is 0 Å². The third kappa shape index (κ3) is 6.89. The number of allylic oxidation sites excluding steroid dienone is 9. The summed E-state index contributed by atoms with van der Waals surface area (Å²) in [5, 5.41) is 29.6. The van der Waals surface area contributed by atoms with Crippen LogP contribution in [0.1, 0.15) is 99.5 Å². The molecule has 0 N–H and O–H groups in total. The second-order valence-electron chi connectivity index (χ2n) is 14.7. The molecule has 0 bridgehead atoms. The van der Waals surface area contributed by atoms with Crippen LogP contribution in [0.2, 0.25) is 0 Å². The lowest BCUT2D eigenvalue weighted by Crippen LogP contribution is -2.27.